The molecule has 0 saturated heterocycles. The number of carbonyl (C=O) groups excluding carboxylic acids is 1. The number of pyridine rings is 1. The molecule has 2 rings (SSSR count). The molecule has 0 aliphatic rings. The van der Waals surface area contributed by atoms with Crippen molar-refractivity contribution in [3.8, 4) is 5.75 Å². The molecule has 21 heavy (non-hydrogen) atoms. The standard InChI is InChI=1S/C15H14N2O4/c1-10-4-2-7-13(16-10)15(20)17-11-5-3-6-12(8-11)21-9-14(18)19/h2-8H,9H2,1H3,(H,17,20)(H,18,19). The zero-order chi connectivity index (χ0) is 15.2. The maximum Gasteiger partial charge on any atom is 0.341 e. The van der Waals surface area contributed by atoms with E-state index in [0.717, 1.165) is 5.69 Å². The average Bonchev–Trinajstić information content (AvgIpc) is 2.45. The smallest absolute Gasteiger partial charge is 0.341 e. The molecule has 0 saturated carbocycles. The quantitative estimate of drug-likeness (QED) is 0.878. The number of carbonyl (C=O) groups is 2. The van der Waals surface area contributed by atoms with Crippen LogP contribution in [0.5, 0.6) is 5.75 Å². The number of carboxylic acid groups (broad SMARTS) is 1. The number of aryl methyl sites for hydroxylation is 1. The van der Waals surface area contributed by atoms with Crippen LogP contribution in [0.2, 0.25) is 0 Å². The maximum atomic E-state index is 12.0. The summed E-state index contributed by atoms with van der Waals surface area (Å²) in [5, 5.41) is 11.2. The summed E-state index contributed by atoms with van der Waals surface area (Å²) < 4.78 is 5.05. The number of carboxylic acids is 1. The van der Waals surface area contributed by atoms with Crippen LogP contribution in [0.25, 0.3) is 0 Å². The molecule has 1 amide bonds. The number of hydrogen-bond acceptors (Lipinski definition) is 4. The number of nitrogens with zero attached hydrogens (tertiary/aromatic N) is 1. The Labute approximate surface area is 121 Å². The number of anilines is 1. The Kier molecular flexibility index (Phi) is 4.50. The molecule has 0 aliphatic carbocycles. The fourth-order valence-electron chi connectivity index (χ4n) is 1.67. The van der Waals surface area contributed by atoms with Crippen molar-refractivity contribution < 1.29 is 19.4 Å². The van der Waals surface area contributed by atoms with E-state index in [0.29, 0.717) is 17.1 Å². The Morgan fingerprint density at radius 1 is 1.24 bits per heavy atom. The molecular weight excluding hydrogens is 272 g/mol. The third-order valence-corrected chi connectivity index (χ3v) is 2.58. The molecule has 6 nitrogen and oxygen atoms in total. The highest BCUT2D eigenvalue weighted by molar-refractivity contribution is 6.02. The van der Waals surface area contributed by atoms with Crippen molar-refractivity contribution in [1.29, 1.82) is 0 Å². The summed E-state index contributed by atoms with van der Waals surface area (Å²) in [7, 11) is 0. The van der Waals surface area contributed by atoms with Crippen LogP contribution in [0, 0.1) is 6.92 Å². The van der Waals surface area contributed by atoms with Crippen molar-refractivity contribution in [2.75, 3.05) is 11.9 Å². The van der Waals surface area contributed by atoms with Gasteiger partial charge in [-0.05, 0) is 31.2 Å². The van der Waals surface area contributed by atoms with Crippen molar-refractivity contribution >= 4 is 17.6 Å². The largest absolute Gasteiger partial charge is 0.482 e. The van der Waals surface area contributed by atoms with Gasteiger partial charge in [0.15, 0.2) is 6.61 Å². The maximum absolute atomic E-state index is 12.0. The molecule has 1 aromatic heterocycles. The van der Waals surface area contributed by atoms with E-state index in [1.54, 1.807) is 49.4 Å². The SMILES string of the molecule is Cc1cccc(C(=O)Nc2cccc(OCC(=O)O)c2)n1. The minimum Gasteiger partial charge on any atom is -0.482 e. The zero-order valence-corrected chi connectivity index (χ0v) is 11.4. The number of aliphatic carboxylic acids is 1. The zero-order valence-electron chi connectivity index (χ0n) is 11.4. The Morgan fingerprint density at radius 3 is 2.71 bits per heavy atom. The van der Waals surface area contributed by atoms with Crippen LogP contribution < -0.4 is 10.1 Å². The van der Waals surface area contributed by atoms with E-state index >= 15 is 0 Å². The lowest BCUT2D eigenvalue weighted by molar-refractivity contribution is -0.139. The van der Waals surface area contributed by atoms with Gasteiger partial charge in [-0.25, -0.2) is 9.78 Å². The molecule has 0 unspecified atom stereocenters. The Hall–Kier alpha value is -2.89. The molecule has 0 aliphatic heterocycles. The first-order valence-corrected chi connectivity index (χ1v) is 6.24. The van der Waals surface area contributed by atoms with Gasteiger partial charge in [0.25, 0.3) is 5.91 Å². The van der Waals surface area contributed by atoms with Gasteiger partial charge in [0, 0.05) is 17.4 Å². The summed E-state index contributed by atoms with van der Waals surface area (Å²) in [6, 6.07) is 11.7. The number of benzene rings is 1. The number of ether oxygens (including phenoxy) is 1. The second kappa shape index (κ2) is 6.51. The van der Waals surface area contributed by atoms with Gasteiger partial charge >= 0.3 is 5.97 Å². The third-order valence-electron chi connectivity index (χ3n) is 2.58. The molecule has 2 N–H and O–H groups in total. The summed E-state index contributed by atoms with van der Waals surface area (Å²) in [5.41, 5.74) is 1.57. The predicted octanol–water partition coefficient (Wildman–Crippen LogP) is 2.11. The van der Waals surface area contributed by atoms with Gasteiger partial charge in [-0.1, -0.05) is 12.1 Å². The van der Waals surface area contributed by atoms with Crippen molar-refractivity contribution in [3.05, 3.63) is 53.9 Å². The summed E-state index contributed by atoms with van der Waals surface area (Å²) in [4.78, 5) is 26.6. The van der Waals surface area contributed by atoms with Crippen molar-refractivity contribution in [1.82, 2.24) is 4.98 Å². The molecule has 2 aromatic rings. The van der Waals surface area contributed by atoms with Gasteiger partial charge in [-0.2, -0.15) is 0 Å². The van der Waals surface area contributed by atoms with Crippen LogP contribution in [0.15, 0.2) is 42.5 Å². The number of aromatic nitrogens is 1. The van der Waals surface area contributed by atoms with Crippen LogP contribution in [-0.2, 0) is 4.79 Å². The topological polar surface area (TPSA) is 88.5 Å². The first-order valence-electron chi connectivity index (χ1n) is 6.24. The summed E-state index contributed by atoms with van der Waals surface area (Å²) in [5.74, 6) is -1.03. The number of nitrogens with one attached hydrogen (secondary N) is 1. The van der Waals surface area contributed by atoms with E-state index in [9.17, 15) is 9.59 Å². The van der Waals surface area contributed by atoms with Crippen LogP contribution in [0.4, 0.5) is 5.69 Å². The van der Waals surface area contributed by atoms with E-state index in [2.05, 4.69) is 10.3 Å². The Bertz CT molecular complexity index is 670. The van der Waals surface area contributed by atoms with Gasteiger partial charge in [0.1, 0.15) is 11.4 Å². The molecular formula is C15H14N2O4. The van der Waals surface area contributed by atoms with E-state index in [1.807, 2.05) is 0 Å². The van der Waals surface area contributed by atoms with Crippen LogP contribution >= 0.6 is 0 Å². The average molecular weight is 286 g/mol. The predicted molar refractivity (Wildman–Crippen MR) is 76.5 cm³/mol. The minimum atomic E-state index is -1.06. The summed E-state index contributed by atoms with van der Waals surface area (Å²) >= 11 is 0. The molecule has 0 spiro atoms. The molecule has 0 bridgehead atoms. The molecule has 6 heteroatoms. The first kappa shape index (κ1) is 14.5. The van der Waals surface area contributed by atoms with Crippen molar-refractivity contribution in [2.24, 2.45) is 0 Å². The van der Waals surface area contributed by atoms with Gasteiger partial charge < -0.3 is 15.2 Å². The summed E-state index contributed by atoms with van der Waals surface area (Å²) in [6.07, 6.45) is 0. The van der Waals surface area contributed by atoms with Gasteiger partial charge in [0.2, 0.25) is 0 Å². The summed E-state index contributed by atoms with van der Waals surface area (Å²) in [6.45, 7) is 1.37. The van der Waals surface area contributed by atoms with Crippen LogP contribution in [0.3, 0.4) is 0 Å². The van der Waals surface area contributed by atoms with Crippen molar-refractivity contribution in [2.45, 2.75) is 6.92 Å². The minimum absolute atomic E-state index is 0.312. The molecule has 0 fully saturated rings. The molecule has 108 valence electrons. The number of hydrogen-bond donors (Lipinski definition) is 2. The lowest BCUT2D eigenvalue weighted by Gasteiger charge is -2.08. The van der Waals surface area contributed by atoms with E-state index in [4.69, 9.17) is 9.84 Å². The molecule has 1 heterocycles. The van der Waals surface area contributed by atoms with E-state index in [1.165, 1.54) is 0 Å². The fourth-order valence-corrected chi connectivity index (χ4v) is 1.67. The molecule has 0 atom stereocenters. The van der Waals surface area contributed by atoms with Gasteiger partial charge in [-0.15, -0.1) is 0 Å². The second-order valence-corrected chi connectivity index (χ2v) is 4.33. The first-order chi connectivity index (χ1) is 10.0. The Balaban J connectivity index is 2.07. The third kappa shape index (κ3) is 4.31. The second-order valence-electron chi connectivity index (χ2n) is 4.33. The lowest BCUT2D eigenvalue weighted by Crippen LogP contribution is -2.14. The highest BCUT2D eigenvalue weighted by Crippen LogP contribution is 2.18. The van der Waals surface area contributed by atoms with Crippen molar-refractivity contribution in [3.63, 3.8) is 0 Å². The van der Waals surface area contributed by atoms with Crippen LogP contribution in [-0.4, -0.2) is 28.6 Å². The fraction of sp³-hybridized carbons (Fsp3) is 0.133. The van der Waals surface area contributed by atoms with Crippen LogP contribution in [0.1, 0.15) is 16.2 Å². The van der Waals surface area contributed by atoms with Gasteiger partial charge in [0.05, 0.1) is 0 Å². The number of amides is 1. The number of rotatable bonds is 5. The monoisotopic (exact) mass is 286 g/mol. The highest BCUT2D eigenvalue weighted by atomic mass is 16.5. The van der Waals surface area contributed by atoms with E-state index < -0.39 is 12.6 Å². The molecule has 0 radical (unpaired) electrons. The molecule has 1 aromatic carbocycles. The Morgan fingerprint density at radius 2 is 2.00 bits per heavy atom. The lowest BCUT2D eigenvalue weighted by atomic mass is 10.2. The highest BCUT2D eigenvalue weighted by Gasteiger charge is 2.08. The van der Waals surface area contributed by atoms with Gasteiger partial charge in [-0.3, -0.25) is 4.79 Å². The normalized spacial score (nSPS) is 9.95. The van der Waals surface area contributed by atoms with E-state index in [-0.39, 0.29) is 5.91 Å².